The molecule has 0 spiro atoms. The lowest BCUT2D eigenvalue weighted by atomic mass is 9.80. The topological polar surface area (TPSA) is 59.4 Å². The van der Waals surface area contributed by atoms with Gasteiger partial charge in [0, 0.05) is 7.11 Å². The number of carbonyl (C=O) groups is 1. The van der Waals surface area contributed by atoms with Crippen LogP contribution in [0.4, 0.5) is 0 Å². The molecule has 0 unspecified atom stereocenters. The highest BCUT2D eigenvalue weighted by Crippen LogP contribution is 2.44. The maximum absolute atomic E-state index is 11.5. The van der Waals surface area contributed by atoms with Gasteiger partial charge in [0.25, 0.3) is 0 Å². The molecule has 0 radical (unpaired) electrons. The van der Waals surface area contributed by atoms with Crippen molar-refractivity contribution in [3.63, 3.8) is 0 Å². The van der Waals surface area contributed by atoms with Gasteiger partial charge in [-0.1, -0.05) is 20.8 Å². The van der Waals surface area contributed by atoms with Gasteiger partial charge in [-0.25, -0.2) is 9.78 Å². The number of aromatic nitrogens is 1. The van der Waals surface area contributed by atoms with Crippen molar-refractivity contribution in [2.45, 2.75) is 58.5 Å². The summed E-state index contributed by atoms with van der Waals surface area (Å²) in [6, 6.07) is 0. The Morgan fingerprint density at radius 2 is 2.10 bits per heavy atom. The van der Waals surface area contributed by atoms with Crippen molar-refractivity contribution in [2.24, 2.45) is 11.8 Å². The maximum Gasteiger partial charge on any atom is 0.347 e. The van der Waals surface area contributed by atoms with Gasteiger partial charge in [0.05, 0.1) is 5.69 Å². The highest BCUT2D eigenvalue weighted by molar-refractivity contribution is 7.13. The van der Waals surface area contributed by atoms with Crippen molar-refractivity contribution >= 4 is 17.3 Å². The van der Waals surface area contributed by atoms with Crippen LogP contribution in [0.15, 0.2) is 0 Å². The molecule has 1 heterocycles. The van der Waals surface area contributed by atoms with E-state index < -0.39 is 5.97 Å². The smallest absolute Gasteiger partial charge is 0.347 e. The number of hydrogen-bond donors (Lipinski definition) is 1. The van der Waals surface area contributed by atoms with E-state index in [2.05, 4.69) is 25.8 Å². The monoisotopic (exact) mass is 311 g/mol. The third-order valence-corrected chi connectivity index (χ3v) is 5.63. The molecule has 0 amide bonds. The van der Waals surface area contributed by atoms with Crippen LogP contribution in [0.25, 0.3) is 0 Å². The van der Waals surface area contributed by atoms with Crippen molar-refractivity contribution < 1.29 is 14.6 Å². The first-order valence-corrected chi connectivity index (χ1v) is 8.48. The number of ether oxygens (including phenoxy) is 1. The SMILES string of the molecule is COC1(c2nc(CC(C)C)c(C(=O)O)s2)CCC(C)CC1. The van der Waals surface area contributed by atoms with Crippen molar-refractivity contribution in [1.82, 2.24) is 4.98 Å². The average Bonchev–Trinajstić information content (AvgIpc) is 2.84. The first kappa shape index (κ1) is 16.4. The normalized spacial score (nSPS) is 26.2. The minimum absolute atomic E-state index is 0.378. The van der Waals surface area contributed by atoms with Crippen LogP contribution in [0, 0.1) is 11.8 Å². The van der Waals surface area contributed by atoms with Gasteiger partial charge in [-0.15, -0.1) is 11.3 Å². The fourth-order valence-electron chi connectivity index (χ4n) is 2.97. The number of thiazole rings is 1. The van der Waals surface area contributed by atoms with Gasteiger partial charge < -0.3 is 9.84 Å². The highest BCUT2D eigenvalue weighted by atomic mass is 32.1. The lowest BCUT2D eigenvalue weighted by Crippen LogP contribution is -2.33. The van der Waals surface area contributed by atoms with E-state index in [1.807, 2.05) is 0 Å². The molecule has 2 rings (SSSR count). The van der Waals surface area contributed by atoms with E-state index >= 15 is 0 Å². The standard InChI is InChI=1S/C16H25NO3S/c1-10(2)9-12-13(14(18)19)21-15(17-12)16(20-4)7-5-11(3)6-8-16/h10-11H,5-9H2,1-4H3,(H,18,19). The van der Waals surface area contributed by atoms with E-state index in [9.17, 15) is 9.90 Å². The Morgan fingerprint density at radius 1 is 1.48 bits per heavy atom. The summed E-state index contributed by atoms with van der Waals surface area (Å²) in [5, 5.41) is 10.3. The molecular weight excluding hydrogens is 286 g/mol. The summed E-state index contributed by atoms with van der Waals surface area (Å²) in [7, 11) is 1.72. The van der Waals surface area contributed by atoms with E-state index in [-0.39, 0.29) is 5.60 Å². The van der Waals surface area contributed by atoms with Gasteiger partial charge in [-0.3, -0.25) is 0 Å². The van der Waals surface area contributed by atoms with Gasteiger partial charge in [0.2, 0.25) is 0 Å². The van der Waals surface area contributed by atoms with Crippen molar-refractivity contribution in [3.8, 4) is 0 Å². The Kier molecular flexibility index (Phi) is 5.04. The second-order valence-electron chi connectivity index (χ2n) is 6.58. The Balaban J connectivity index is 2.36. The lowest BCUT2D eigenvalue weighted by molar-refractivity contribution is -0.0532. The Morgan fingerprint density at radius 3 is 2.57 bits per heavy atom. The third-order valence-electron chi connectivity index (χ3n) is 4.36. The first-order valence-electron chi connectivity index (χ1n) is 7.66. The maximum atomic E-state index is 11.5. The van der Waals surface area contributed by atoms with Crippen LogP contribution >= 0.6 is 11.3 Å². The van der Waals surface area contributed by atoms with E-state index in [0.29, 0.717) is 28.8 Å². The second-order valence-corrected chi connectivity index (χ2v) is 7.58. The van der Waals surface area contributed by atoms with Gasteiger partial charge in [0.15, 0.2) is 0 Å². The molecule has 0 atom stereocenters. The number of methoxy groups -OCH3 is 1. The summed E-state index contributed by atoms with van der Waals surface area (Å²) in [6.45, 7) is 6.42. The van der Waals surface area contributed by atoms with Gasteiger partial charge >= 0.3 is 5.97 Å². The molecule has 0 aliphatic heterocycles. The van der Waals surface area contributed by atoms with Crippen LogP contribution in [0.5, 0.6) is 0 Å². The fourth-order valence-corrected chi connectivity index (χ4v) is 4.13. The molecule has 118 valence electrons. The molecule has 1 fully saturated rings. The number of aromatic carboxylic acids is 1. The van der Waals surface area contributed by atoms with E-state index in [1.165, 1.54) is 11.3 Å². The molecule has 4 nitrogen and oxygen atoms in total. The summed E-state index contributed by atoms with van der Waals surface area (Å²) >= 11 is 1.31. The van der Waals surface area contributed by atoms with Gasteiger partial charge in [0.1, 0.15) is 15.5 Å². The molecule has 21 heavy (non-hydrogen) atoms. The average molecular weight is 311 g/mol. The lowest BCUT2D eigenvalue weighted by Gasteiger charge is -2.36. The first-order chi connectivity index (χ1) is 9.88. The quantitative estimate of drug-likeness (QED) is 0.889. The molecule has 0 bridgehead atoms. The molecule has 1 N–H and O–H groups in total. The van der Waals surface area contributed by atoms with Crippen LogP contribution in [-0.2, 0) is 16.8 Å². The molecule has 0 saturated heterocycles. The zero-order chi connectivity index (χ0) is 15.6. The predicted molar refractivity (Wildman–Crippen MR) is 83.9 cm³/mol. The highest BCUT2D eigenvalue weighted by Gasteiger charge is 2.39. The molecule has 1 aromatic heterocycles. The van der Waals surface area contributed by atoms with Crippen molar-refractivity contribution in [3.05, 3.63) is 15.6 Å². The van der Waals surface area contributed by atoms with Crippen molar-refractivity contribution in [2.75, 3.05) is 7.11 Å². The van der Waals surface area contributed by atoms with Crippen LogP contribution in [0.3, 0.4) is 0 Å². The third kappa shape index (κ3) is 3.46. The molecule has 1 saturated carbocycles. The Bertz CT molecular complexity index is 502. The Labute approximate surface area is 130 Å². The van der Waals surface area contributed by atoms with Crippen LogP contribution in [0.1, 0.15) is 66.8 Å². The van der Waals surface area contributed by atoms with Crippen LogP contribution in [0.2, 0.25) is 0 Å². The van der Waals surface area contributed by atoms with E-state index in [0.717, 1.165) is 30.7 Å². The largest absolute Gasteiger partial charge is 0.477 e. The second kappa shape index (κ2) is 6.44. The number of carboxylic acid groups (broad SMARTS) is 1. The molecule has 1 aliphatic carbocycles. The van der Waals surface area contributed by atoms with Gasteiger partial charge in [-0.05, 0) is 43.9 Å². The molecule has 5 heteroatoms. The molecule has 1 aliphatic rings. The summed E-state index contributed by atoms with van der Waals surface area (Å²) in [4.78, 5) is 16.5. The van der Waals surface area contributed by atoms with Crippen LogP contribution in [-0.4, -0.2) is 23.2 Å². The fraction of sp³-hybridized carbons (Fsp3) is 0.750. The Hall–Kier alpha value is -0.940. The minimum Gasteiger partial charge on any atom is -0.477 e. The van der Waals surface area contributed by atoms with E-state index in [1.54, 1.807) is 7.11 Å². The zero-order valence-corrected chi connectivity index (χ0v) is 14.1. The van der Waals surface area contributed by atoms with E-state index in [4.69, 9.17) is 4.74 Å². The number of nitrogens with zero attached hydrogens (tertiary/aromatic N) is 1. The van der Waals surface area contributed by atoms with Crippen LogP contribution < -0.4 is 0 Å². The minimum atomic E-state index is -0.871. The molecule has 0 aromatic carbocycles. The predicted octanol–water partition coefficient (Wildman–Crippen LogP) is 4.09. The summed E-state index contributed by atoms with van der Waals surface area (Å²) in [5.41, 5.74) is 0.337. The van der Waals surface area contributed by atoms with Crippen molar-refractivity contribution in [1.29, 1.82) is 0 Å². The number of carboxylic acids is 1. The van der Waals surface area contributed by atoms with Gasteiger partial charge in [-0.2, -0.15) is 0 Å². The summed E-state index contributed by atoms with van der Waals surface area (Å²) < 4.78 is 5.82. The molecular formula is C16H25NO3S. The molecule has 1 aromatic rings. The zero-order valence-electron chi connectivity index (χ0n) is 13.3. The summed E-state index contributed by atoms with van der Waals surface area (Å²) in [6.07, 6.45) is 4.77. The number of rotatable bonds is 5. The summed E-state index contributed by atoms with van der Waals surface area (Å²) in [5.74, 6) is 0.232. The number of hydrogen-bond acceptors (Lipinski definition) is 4.